The molecule has 15 heavy (non-hydrogen) atoms. The van der Waals surface area contributed by atoms with Crippen LogP contribution in [0.4, 0.5) is 5.69 Å². The van der Waals surface area contributed by atoms with Crippen molar-refractivity contribution < 1.29 is 5.11 Å². The van der Waals surface area contributed by atoms with Gasteiger partial charge < -0.3 is 10.0 Å². The van der Waals surface area contributed by atoms with E-state index in [1.165, 1.54) is 0 Å². The molecule has 0 saturated carbocycles. The fourth-order valence-electron chi connectivity index (χ4n) is 1.24. The Morgan fingerprint density at radius 2 is 1.47 bits per heavy atom. The minimum atomic E-state index is 0. The van der Waals surface area contributed by atoms with Crippen molar-refractivity contribution in [3.8, 4) is 5.75 Å². The fraction of sp³-hybridized carbons (Fsp3) is 0.400. The van der Waals surface area contributed by atoms with Crippen LogP contribution in [0.5, 0.6) is 5.75 Å². The SMILES string of the molecule is Br.Oc1ccc(N(CCCl)CCCl)cc1. The molecule has 0 spiro atoms. The van der Waals surface area contributed by atoms with Crippen molar-refractivity contribution in [2.24, 2.45) is 0 Å². The topological polar surface area (TPSA) is 23.5 Å². The minimum absolute atomic E-state index is 0. The van der Waals surface area contributed by atoms with Gasteiger partial charge in [-0.05, 0) is 24.3 Å². The van der Waals surface area contributed by atoms with Crippen molar-refractivity contribution in [3.63, 3.8) is 0 Å². The maximum atomic E-state index is 9.13. The highest BCUT2D eigenvalue weighted by Crippen LogP contribution is 2.18. The van der Waals surface area contributed by atoms with Gasteiger partial charge in [0.1, 0.15) is 5.75 Å². The number of phenolic OH excluding ortho intramolecular Hbond substituents is 1. The molecule has 1 rings (SSSR count). The summed E-state index contributed by atoms with van der Waals surface area (Å²) >= 11 is 11.4. The highest BCUT2D eigenvalue weighted by Gasteiger charge is 2.04. The van der Waals surface area contributed by atoms with Crippen molar-refractivity contribution in [2.45, 2.75) is 0 Å². The zero-order valence-corrected chi connectivity index (χ0v) is 11.4. The number of nitrogens with zero attached hydrogens (tertiary/aromatic N) is 1. The van der Waals surface area contributed by atoms with Crippen molar-refractivity contribution in [3.05, 3.63) is 24.3 Å². The lowest BCUT2D eigenvalue weighted by atomic mass is 10.2. The largest absolute Gasteiger partial charge is 0.508 e. The molecule has 2 nitrogen and oxygen atoms in total. The molecule has 86 valence electrons. The number of benzene rings is 1. The van der Waals surface area contributed by atoms with Gasteiger partial charge in [0.05, 0.1) is 0 Å². The Morgan fingerprint density at radius 1 is 1.00 bits per heavy atom. The first-order valence-corrected chi connectivity index (χ1v) is 5.50. The number of hydrogen-bond acceptors (Lipinski definition) is 2. The summed E-state index contributed by atoms with van der Waals surface area (Å²) in [5, 5.41) is 9.13. The molecule has 0 fully saturated rings. The molecule has 0 bridgehead atoms. The van der Waals surface area contributed by atoms with E-state index in [9.17, 15) is 0 Å². The number of phenols is 1. The van der Waals surface area contributed by atoms with Crippen LogP contribution in [0.1, 0.15) is 0 Å². The van der Waals surface area contributed by atoms with Gasteiger partial charge >= 0.3 is 0 Å². The van der Waals surface area contributed by atoms with Crippen molar-refractivity contribution in [1.29, 1.82) is 0 Å². The summed E-state index contributed by atoms with van der Waals surface area (Å²) < 4.78 is 0. The Balaban J connectivity index is 0.00000196. The first-order chi connectivity index (χ1) is 6.77. The summed E-state index contributed by atoms with van der Waals surface area (Å²) in [6.07, 6.45) is 0. The van der Waals surface area contributed by atoms with Crippen LogP contribution in [-0.4, -0.2) is 30.0 Å². The van der Waals surface area contributed by atoms with Crippen LogP contribution >= 0.6 is 40.2 Å². The molecule has 1 aromatic rings. The molecule has 0 aliphatic heterocycles. The van der Waals surface area contributed by atoms with Crippen LogP contribution < -0.4 is 4.90 Å². The lowest BCUT2D eigenvalue weighted by Gasteiger charge is -2.22. The van der Waals surface area contributed by atoms with E-state index < -0.39 is 0 Å². The predicted molar refractivity (Wildman–Crippen MR) is 72.1 cm³/mol. The van der Waals surface area contributed by atoms with Gasteiger partial charge in [0.15, 0.2) is 0 Å². The molecule has 0 saturated heterocycles. The van der Waals surface area contributed by atoms with E-state index in [-0.39, 0.29) is 22.7 Å². The molecular weight excluding hydrogens is 301 g/mol. The van der Waals surface area contributed by atoms with Gasteiger partial charge in [0.25, 0.3) is 0 Å². The highest BCUT2D eigenvalue weighted by molar-refractivity contribution is 8.93. The molecule has 1 aromatic carbocycles. The molecule has 0 aromatic heterocycles. The first-order valence-electron chi connectivity index (χ1n) is 4.44. The van der Waals surface area contributed by atoms with E-state index in [0.29, 0.717) is 11.8 Å². The van der Waals surface area contributed by atoms with Crippen LogP contribution in [0.3, 0.4) is 0 Å². The zero-order chi connectivity index (χ0) is 10.4. The Morgan fingerprint density at radius 3 is 1.87 bits per heavy atom. The monoisotopic (exact) mass is 313 g/mol. The third kappa shape index (κ3) is 4.96. The van der Waals surface area contributed by atoms with Gasteiger partial charge in [0, 0.05) is 30.5 Å². The van der Waals surface area contributed by atoms with E-state index >= 15 is 0 Å². The average molecular weight is 315 g/mol. The molecular formula is C10H14BrCl2NO. The zero-order valence-electron chi connectivity index (χ0n) is 8.20. The van der Waals surface area contributed by atoms with Crippen LogP contribution in [0.2, 0.25) is 0 Å². The summed E-state index contributed by atoms with van der Waals surface area (Å²) in [4.78, 5) is 2.08. The van der Waals surface area contributed by atoms with Gasteiger partial charge in [-0.3, -0.25) is 0 Å². The number of rotatable bonds is 5. The van der Waals surface area contributed by atoms with E-state index in [2.05, 4.69) is 4.90 Å². The second-order valence-electron chi connectivity index (χ2n) is 2.88. The molecule has 0 radical (unpaired) electrons. The molecule has 5 heteroatoms. The Bertz CT molecular complexity index is 263. The lowest BCUT2D eigenvalue weighted by molar-refractivity contribution is 0.475. The van der Waals surface area contributed by atoms with Gasteiger partial charge in [0.2, 0.25) is 0 Å². The summed E-state index contributed by atoms with van der Waals surface area (Å²) in [6, 6.07) is 7.03. The molecule has 0 heterocycles. The Labute approximate surface area is 111 Å². The molecule has 0 aliphatic rings. The first kappa shape index (κ1) is 14.9. The maximum absolute atomic E-state index is 9.13. The molecule has 0 aliphatic carbocycles. The van der Waals surface area contributed by atoms with E-state index in [0.717, 1.165) is 18.8 Å². The lowest BCUT2D eigenvalue weighted by Crippen LogP contribution is -2.27. The Kier molecular flexibility index (Phi) is 8.02. The van der Waals surface area contributed by atoms with Gasteiger partial charge in [-0.2, -0.15) is 0 Å². The Hall–Kier alpha value is -0.120. The van der Waals surface area contributed by atoms with Crippen LogP contribution in [0.25, 0.3) is 0 Å². The normalized spacial score (nSPS) is 9.47. The smallest absolute Gasteiger partial charge is 0.115 e. The van der Waals surface area contributed by atoms with Gasteiger partial charge in [-0.25, -0.2) is 0 Å². The number of anilines is 1. The van der Waals surface area contributed by atoms with E-state index in [1.807, 2.05) is 12.1 Å². The standard InChI is InChI=1S/C10H13Cl2NO.BrH/c11-5-7-13(8-6-12)9-1-3-10(14)4-2-9;/h1-4,14H,5-8H2;1H. The van der Waals surface area contributed by atoms with Crippen molar-refractivity contribution in [1.82, 2.24) is 0 Å². The molecule has 0 amide bonds. The molecule has 0 unspecified atom stereocenters. The summed E-state index contributed by atoms with van der Waals surface area (Å²) in [5.74, 6) is 1.40. The van der Waals surface area contributed by atoms with E-state index in [4.69, 9.17) is 28.3 Å². The van der Waals surface area contributed by atoms with Crippen molar-refractivity contribution >= 4 is 45.9 Å². The van der Waals surface area contributed by atoms with Crippen LogP contribution in [0, 0.1) is 0 Å². The average Bonchev–Trinajstić information content (AvgIpc) is 2.19. The molecule has 0 atom stereocenters. The second kappa shape index (κ2) is 8.08. The fourth-order valence-corrected chi connectivity index (χ4v) is 1.65. The highest BCUT2D eigenvalue weighted by atomic mass is 79.9. The van der Waals surface area contributed by atoms with Crippen LogP contribution in [-0.2, 0) is 0 Å². The second-order valence-corrected chi connectivity index (χ2v) is 3.64. The maximum Gasteiger partial charge on any atom is 0.115 e. The number of hydrogen-bond donors (Lipinski definition) is 1. The summed E-state index contributed by atoms with van der Waals surface area (Å²) in [5.41, 5.74) is 1.03. The summed E-state index contributed by atoms with van der Waals surface area (Å²) in [6.45, 7) is 1.53. The van der Waals surface area contributed by atoms with Gasteiger partial charge in [-0.1, -0.05) is 0 Å². The number of aromatic hydroxyl groups is 1. The van der Waals surface area contributed by atoms with E-state index in [1.54, 1.807) is 12.1 Å². The number of halogens is 3. The van der Waals surface area contributed by atoms with Gasteiger partial charge in [-0.15, -0.1) is 40.2 Å². The minimum Gasteiger partial charge on any atom is -0.508 e. The third-order valence-corrected chi connectivity index (χ3v) is 2.26. The summed E-state index contributed by atoms with van der Waals surface area (Å²) in [7, 11) is 0. The van der Waals surface area contributed by atoms with Crippen LogP contribution in [0.15, 0.2) is 24.3 Å². The van der Waals surface area contributed by atoms with Crippen molar-refractivity contribution in [2.75, 3.05) is 29.7 Å². The number of alkyl halides is 2. The quantitative estimate of drug-likeness (QED) is 0.843. The predicted octanol–water partition coefficient (Wildman–Crippen LogP) is 3.25. The third-order valence-electron chi connectivity index (χ3n) is 1.92. The molecule has 1 N–H and O–H groups in total.